The Bertz CT molecular complexity index is 446. The molecule has 110 valence electrons. The summed E-state index contributed by atoms with van der Waals surface area (Å²) in [6.07, 6.45) is 6.43. The van der Waals surface area contributed by atoms with Crippen LogP contribution in [0.1, 0.15) is 57.1 Å². The van der Waals surface area contributed by atoms with Crippen molar-refractivity contribution in [3.05, 3.63) is 35.4 Å². The molecular formula is C18H27NO. The van der Waals surface area contributed by atoms with E-state index in [0.29, 0.717) is 24.4 Å². The van der Waals surface area contributed by atoms with Crippen LogP contribution in [0, 0.1) is 6.92 Å². The normalized spacial score (nSPS) is 15.8. The predicted octanol–water partition coefficient (Wildman–Crippen LogP) is 4.11. The van der Waals surface area contributed by atoms with Gasteiger partial charge in [0.1, 0.15) is 0 Å². The molecule has 0 radical (unpaired) electrons. The highest BCUT2D eigenvalue weighted by Gasteiger charge is 2.28. The minimum atomic E-state index is 0.322. The number of amides is 1. The van der Waals surface area contributed by atoms with E-state index in [0.717, 1.165) is 6.42 Å². The average Bonchev–Trinajstić information content (AvgIpc) is 2.90. The first-order chi connectivity index (χ1) is 9.58. The van der Waals surface area contributed by atoms with Gasteiger partial charge >= 0.3 is 0 Å². The van der Waals surface area contributed by atoms with E-state index in [4.69, 9.17) is 0 Å². The molecule has 1 fully saturated rings. The second-order valence-electron chi connectivity index (χ2n) is 6.32. The van der Waals surface area contributed by atoms with Gasteiger partial charge in [0.25, 0.3) is 0 Å². The molecular weight excluding hydrogens is 246 g/mol. The molecule has 2 nitrogen and oxygen atoms in total. The standard InChI is InChI=1S/C18H27NO/c1-14(2)19(17-9-4-5-10-17)18(20)12-11-16-8-6-7-15(3)13-16/h6-8,13-14,17H,4-5,9-12H2,1-3H3. The molecule has 2 heteroatoms. The lowest BCUT2D eigenvalue weighted by atomic mass is 10.1. The van der Waals surface area contributed by atoms with Crippen molar-refractivity contribution >= 4 is 5.91 Å². The zero-order valence-corrected chi connectivity index (χ0v) is 13.1. The maximum Gasteiger partial charge on any atom is 0.223 e. The maximum atomic E-state index is 12.6. The molecule has 20 heavy (non-hydrogen) atoms. The Morgan fingerprint density at radius 3 is 2.60 bits per heavy atom. The van der Waals surface area contributed by atoms with Crippen molar-refractivity contribution in [2.45, 2.75) is 71.4 Å². The topological polar surface area (TPSA) is 20.3 Å². The van der Waals surface area contributed by atoms with E-state index in [9.17, 15) is 4.79 Å². The number of rotatable bonds is 5. The molecule has 1 aromatic carbocycles. The molecule has 0 saturated heterocycles. The lowest BCUT2D eigenvalue weighted by Gasteiger charge is -2.33. The second-order valence-corrected chi connectivity index (χ2v) is 6.32. The van der Waals surface area contributed by atoms with Crippen molar-refractivity contribution in [3.8, 4) is 0 Å². The Morgan fingerprint density at radius 1 is 1.30 bits per heavy atom. The molecule has 1 saturated carbocycles. The fraction of sp³-hybridized carbons (Fsp3) is 0.611. The molecule has 0 aromatic heterocycles. The van der Waals surface area contributed by atoms with Gasteiger partial charge in [0.15, 0.2) is 0 Å². The summed E-state index contributed by atoms with van der Waals surface area (Å²) >= 11 is 0. The van der Waals surface area contributed by atoms with Crippen LogP contribution in [0.2, 0.25) is 0 Å². The number of aryl methyl sites for hydroxylation is 2. The van der Waals surface area contributed by atoms with Crippen LogP contribution in [0.15, 0.2) is 24.3 Å². The summed E-state index contributed by atoms with van der Waals surface area (Å²) in [5.74, 6) is 0.327. The Kier molecular flexibility index (Phi) is 5.22. The summed E-state index contributed by atoms with van der Waals surface area (Å²) in [5.41, 5.74) is 2.54. The van der Waals surface area contributed by atoms with Crippen molar-refractivity contribution < 1.29 is 4.79 Å². The van der Waals surface area contributed by atoms with Crippen LogP contribution in [0.25, 0.3) is 0 Å². The van der Waals surface area contributed by atoms with Crippen molar-refractivity contribution in [2.24, 2.45) is 0 Å². The van der Waals surface area contributed by atoms with Crippen LogP contribution in [0.5, 0.6) is 0 Å². The second kappa shape index (κ2) is 6.92. The fourth-order valence-electron chi connectivity index (χ4n) is 3.34. The van der Waals surface area contributed by atoms with Crippen LogP contribution in [0.4, 0.5) is 0 Å². The molecule has 2 rings (SSSR count). The molecule has 0 bridgehead atoms. The molecule has 0 N–H and O–H groups in total. The van der Waals surface area contributed by atoms with Crippen molar-refractivity contribution in [2.75, 3.05) is 0 Å². The molecule has 0 aliphatic heterocycles. The van der Waals surface area contributed by atoms with E-state index in [1.54, 1.807) is 0 Å². The van der Waals surface area contributed by atoms with Crippen LogP contribution in [-0.4, -0.2) is 22.9 Å². The first-order valence-corrected chi connectivity index (χ1v) is 7.94. The quantitative estimate of drug-likeness (QED) is 0.790. The number of nitrogens with zero attached hydrogens (tertiary/aromatic N) is 1. The maximum absolute atomic E-state index is 12.6. The number of hydrogen-bond acceptors (Lipinski definition) is 1. The number of carbonyl (C=O) groups is 1. The summed E-state index contributed by atoms with van der Waals surface area (Å²) in [7, 11) is 0. The number of carbonyl (C=O) groups excluding carboxylic acids is 1. The van der Waals surface area contributed by atoms with Crippen LogP contribution < -0.4 is 0 Å². The van der Waals surface area contributed by atoms with Crippen molar-refractivity contribution in [3.63, 3.8) is 0 Å². The molecule has 1 aliphatic carbocycles. The van der Waals surface area contributed by atoms with Crippen molar-refractivity contribution in [1.29, 1.82) is 0 Å². The van der Waals surface area contributed by atoms with Gasteiger partial charge in [0.05, 0.1) is 0 Å². The lowest BCUT2D eigenvalue weighted by Crippen LogP contribution is -2.43. The van der Waals surface area contributed by atoms with Gasteiger partial charge in [-0.15, -0.1) is 0 Å². The van der Waals surface area contributed by atoms with E-state index in [1.807, 2.05) is 0 Å². The van der Waals surface area contributed by atoms with E-state index in [2.05, 4.69) is 49.9 Å². The van der Waals surface area contributed by atoms with E-state index >= 15 is 0 Å². The van der Waals surface area contributed by atoms with Gasteiger partial charge in [-0.2, -0.15) is 0 Å². The molecule has 0 unspecified atom stereocenters. The summed E-state index contributed by atoms with van der Waals surface area (Å²) in [4.78, 5) is 14.7. The van der Waals surface area contributed by atoms with Gasteiger partial charge in [-0.3, -0.25) is 4.79 Å². The number of benzene rings is 1. The monoisotopic (exact) mass is 273 g/mol. The predicted molar refractivity (Wildman–Crippen MR) is 83.7 cm³/mol. The summed E-state index contributed by atoms with van der Waals surface area (Å²) < 4.78 is 0. The highest BCUT2D eigenvalue weighted by molar-refractivity contribution is 5.77. The van der Waals surface area contributed by atoms with Gasteiger partial charge < -0.3 is 4.90 Å². The van der Waals surface area contributed by atoms with Crippen LogP contribution in [-0.2, 0) is 11.2 Å². The molecule has 1 aromatic rings. The Morgan fingerprint density at radius 2 is 2.00 bits per heavy atom. The Hall–Kier alpha value is -1.31. The molecule has 0 heterocycles. The van der Waals surface area contributed by atoms with Crippen LogP contribution in [0.3, 0.4) is 0 Å². The van der Waals surface area contributed by atoms with E-state index in [-0.39, 0.29) is 0 Å². The molecule has 0 atom stereocenters. The average molecular weight is 273 g/mol. The Balaban J connectivity index is 1.94. The summed E-state index contributed by atoms with van der Waals surface area (Å²) in [6.45, 7) is 6.38. The third-order valence-corrected chi connectivity index (χ3v) is 4.27. The largest absolute Gasteiger partial charge is 0.337 e. The fourth-order valence-corrected chi connectivity index (χ4v) is 3.34. The van der Waals surface area contributed by atoms with Gasteiger partial charge in [-0.25, -0.2) is 0 Å². The van der Waals surface area contributed by atoms with E-state index in [1.165, 1.54) is 36.8 Å². The summed E-state index contributed by atoms with van der Waals surface area (Å²) in [6, 6.07) is 9.29. The zero-order chi connectivity index (χ0) is 14.5. The Labute approximate surface area is 123 Å². The van der Waals surface area contributed by atoms with E-state index < -0.39 is 0 Å². The smallest absolute Gasteiger partial charge is 0.223 e. The minimum absolute atomic E-state index is 0.322. The third-order valence-electron chi connectivity index (χ3n) is 4.27. The SMILES string of the molecule is Cc1cccc(CCC(=O)N(C(C)C)C2CCCC2)c1. The number of hydrogen-bond donors (Lipinski definition) is 0. The third kappa shape index (κ3) is 3.84. The highest BCUT2D eigenvalue weighted by Crippen LogP contribution is 2.26. The van der Waals surface area contributed by atoms with Gasteiger partial charge in [-0.05, 0) is 45.6 Å². The zero-order valence-electron chi connectivity index (χ0n) is 13.1. The molecule has 1 aliphatic rings. The minimum Gasteiger partial charge on any atom is -0.337 e. The first kappa shape index (κ1) is 15.1. The van der Waals surface area contributed by atoms with Crippen LogP contribution >= 0.6 is 0 Å². The molecule has 0 spiro atoms. The van der Waals surface area contributed by atoms with Gasteiger partial charge in [-0.1, -0.05) is 42.7 Å². The summed E-state index contributed by atoms with van der Waals surface area (Å²) in [5, 5.41) is 0. The van der Waals surface area contributed by atoms with Gasteiger partial charge in [0.2, 0.25) is 5.91 Å². The first-order valence-electron chi connectivity index (χ1n) is 7.94. The van der Waals surface area contributed by atoms with Crippen molar-refractivity contribution in [1.82, 2.24) is 4.90 Å². The van der Waals surface area contributed by atoms with Gasteiger partial charge in [0, 0.05) is 18.5 Å². The lowest BCUT2D eigenvalue weighted by molar-refractivity contribution is -0.135. The highest BCUT2D eigenvalue weighted by atomic mass is 16.2. The molecule has 1 amide bonds.